The van der Waals surface area contributed by atoms with E-state index in [0.717, 1.165) is 0 Å². The summed E-state index contributed by atoms with van der Waals surface area (Å²) in [5.74, 6) is -1.00. The van der Waals surface area contributed by atoms with Crippen LogP contribution in [-0.4, -0.2) is 41.8 Å². The molecule has 2 rings (SSSR count). The van der Waals surface area contributed by atoms with Crippen molar-refractivity contribution in [2.45, 2.75) is 32.3 Å². The van der Waals surface area contributed by atoms with E-state index in [2.05, 4.69) is 6.58 Å². The molecule has 2 aliphatic rings. The smallest absolute Gasteiger partial charge is 0.355 e. The molecule has 0 fully saturated rings. The predicted octanol–water partition coefficient (Wildman–Crippen LogP) is 0.927. The van der Waals surface area contributed by atoms with Crippen LogP contribution in [0.5, 0.6) is 0 Å². The van der Waals surface area contributed by atoms with Crippen molar-refractivity contribution in [1.82, 2.24) is 4.90 Å². The highest BCUT2D eigenvalue weighted by atomic mass is 16.6. The fourth-order valence-electron chi connectivity index (χ4n) is 2.25. The van der Waals surface area contributed by atoms with Crippen molar-refractivity contribution in [1.29, 1.82) is 0 Å². The molecule has 0 aromatic carbocycles. The molecule has 108 valence electrons. The van der Waals surface area contributed by atoms with Gasteiger partial charge < -0.3 is 9.47 Å². The Morgan fingerprint density at radius 3 is 2.95 bits per heavy atom. The van der Waals surface area contributed by atoms with Crippen LogP contribution < -0.4 is 0 Å². The topological polar surface area (TPSA) is 72.9 Å². The quantitative estimate of drug-likeness (QED) is 0.425. The van der Waals surface area contributed by atoms with Crippen LogP contribution in [-0.2, 0) is 23.9 Å². The van der Waals surface area contributed by atoms with Crippen molar-refractivity contribution in [3.05, 3.63) is 24.1 Å². The first-order valence-corrected chi connectivity index (χ1v) is 6.62. The van der Waals surface area contributed by atoms with Gasteiger partial charge in [-0.15, -0.1) is 6.58 Å². The van der Waals surface area contributed by atoms with Crippen LogP contribution in [0.3, 0.4) is 0 Å². The molecule has 0 radical (unpaired) electrons. The standard InChI is InChI=1S/C14H17NO5/c1-3-5-6-10(16)15-8-7-9-11(17)12(20-13(9)15)14(18)19-4-2/h3,12H,1,4-8H2,2H3. The number of carbonyl (C=O) groups is 3. The van der Waals surface area contributed by atoms with E-state index in [4.69, 9.17) is 9.47 Å². The van der Waals surface area contributed by atoms with E-state index in [-0.39, 0.29) is 18.4 Å². The summed E-state index contributed by atoms with van der Waals surface area (Å²) in [5, 5.41) is 0. The lowest BCUT2D eigenvalue weighted by atomic mass is 10.1. The third kappa shape index (κ3) is 2.45. The average molecular weight is 279 g/mol. The van der Waals surface area contributed by atoms with Gasteiger partial charge >= 0.3 is 5.97 Å². The first kappa shape index (κ1) is 14.3. The average Bonchev–Trinajstić information content (AvgIpc) is 2.97. The Labute approximate surface area is 117 Å². The minimum absolute atomic E-state index is 0.132. The zero-order valence-corrected chi connectivity index (χ0v) is 11.4. The molecule has 2 aliphatic heterocycles. The van der Waals surface area contributed by atoms with Gasteiger partial charge in [0.15, 0.2) is 0 Å². The summed E-state index contributed by atoms with van der Waals surface area (Å²) in [5.41, 5.74) is 0.412. The number of amides is 1. The molecule has 0 aliphatic carbocycles. The van der Waals surface area contributed by atoms with Crippen LogP contribution in [0.1, 0.15) is 26.2 Å². The van der Waals surface area contributed by atoms with Gasteiger partial charge in [0.2, 0.25) is 17.6 Å². The van der Waals surface area contributed by atoms with E-state index < -0.39 is 17.9 Å². The van der Waals surface area contributed by atoms with Gasteiger partial charge in [-0.25, -0.2) is 4.79 Å². The Bertz CT molecular complexity index is 494. The molecule has 1 amide bonds. The highest BCUT2D eigenvalue weighted by Crippen LogP contribution is 2.33. The van der Waals surface area contributed by atoms with Crippen LogP contribution >= 0.6 is 0 Å². The Balaban J connectivity index is 2.08. The van der Waals surface area contributed by atoms with Crippen LogP contribution in [0.15, 0.2) is 24.1 Å². The molecule has 0 aromatic heterocycles. The molecule has 20 heavy (non-hydrogen) atoms. The van der Waals surface area contributed by atoms with Crippen molar-refractivity contribution in [2.24, 2.45) is 0 Å². The molecule has 0 bridgehead atoms. The summed E-state index contributed by atoms with van der Waals surface area (Å²) < 4.78 is 10.2. The van der Waals surface area contributed by atoms with Gasteiger partial charge in [0.05, 0.1) is 12.2 Å². The van der Waals surface area contributed by atoms with E-state index in [1.807, 2.05) is 0 Å². The lowest BCUT2D eigenvalue weighted by Crippen LogP contribution is -2.35. The lowest BCUT2D eigenvalue weighted by molar-refractivity contribution is -0.158. The Morgan fingerprint density at radius 2 is 2.30 bits per heavy atom. The normalized spacial score (nSPS) is 20.8. The molecule has 0 spiro atoms. The van der Waals surface area contributed by atoms with Crippen molar-refractivity contribution in [2.75, 3.05) is 13.2 Å². The van der Waals surface area contributed by atoms with Gasteiger partial charge in [-0.3, -0.25) is 14.5 Å². The van der Waals surface area contributed by atoms with Crippen LogP contribution in [0.4, 0.5) is 0 Å². The molecule has 0 aromatic rings. The Morgan fingerprint density at radius 1 is 1.55 bits per heavy atom. The predicted molar refractivity (Wildman–Crippen MR) is 69.3 cm³/mol. The number of carbonyl (C=O) groups excluding carboxylic acids is 3. The number of hydrogen-bond donors (Lipinski definition) is 0. The molecule has 6 nitrogen and oxygen atoms in total. The summed E-state index contributed by atoms with van der Waals surface area (Å²) in [7, 11) is 0. The monoisotopic (exact) mass is 279 g/mol. The van der Waals surface area contributed by atoms with Crippen LogP contribution in [0, 0.1) is 0 Å². The second kappa shape index (κ2) is 5.90. The zero-order chi connectivity index (χ0) is 14.7. The second-order valence-electron chi connectivity index (χ2n) is 4.52. The second-order valence-corrected chi connectivity index (χ2v) is 4.52. The highest BCUT2D eigenvalue weighted by molar-refractivity contribution is 6.13. The number of hydrogen-bond acceptors (Lipinski definition) is 5. The molecule has 0 N–H and O–H groups in total. The van der Waals surface area contributed by atoms with E-state index in [9.17, 15) is 14.4 Å². The molecule has 0 saturated heterocycles. The van der Waals surface area contributed by atoms with Gasteiger partial charge in [-0.2, -0.15) is 0 Å². The number of nitrogens with zero attached hydrogens (tertiary/aromatic N) is 1. The number of Topliss-reactive ketones (excluding diaryl/α,β-unsaturated/α-hetero) is 1. The molecular weight excluding hydrogens is 262 g/mol. The van der Waals surface area contributed by atoms with Crippen molar-refractivity contribution >= 4 is 17.7 Å². The molecule has 1 unspecified atom stereocenters. The molecular formula is C14H17NO5. The van der Waals surface area contributed by atoms with Gasteiger partial charge in [-0.05, 0) is 19.8 Å². The summed E-state index contributed by atoms with van der Waals surface area (Å²) in [6, 6.07) is 0. The number of esters is 1. The molecule has 2 heterocycles. The highest BCUT2D eigenvalue weighted by Gasteiger charge is 2.46. The minimum Gasteiger partial charge on any atom is -0.463 e. The number of ketones is 1. The van der Waals surface area contributed by atoms with Crippen LogP contribution in [0.25, 0.3) is 0 Å². The SMILES string of the molecule is C=CCCC(=O)N1CCC2=C1OC(C(=O)OCC)C2=O. The van der Waals surface area contributed by atoms with Crippen molar-refractivity contribution in [3.63, 3.8) is 0 Å². The first-order chi connectivity index (χ1) is 9.60. The van der Waals surface area contributed by atoms with Gasteiger partial charge in [0.25, 0.3) is 6.10 Å². The van der Waals surface area contributed by atoms with E-state index in [1.54, 1.807) is 13.0 Å². The largest absolute Gasteiger partial charge is 0.463 e. The maximum absolute atomic E-state index is 12.0. The Kier molecular flexibility index (Phi) is 4.22. The summed E-state index contributed by atoms with van der Waals surface area (Å²) in [6.07, 6.45) is 1.69. The fraction of sp³-hybridized carbons (Fsp3) is 0.500. The maximum atomic E-state index is 12.0. The van der Waals surface area contributed by atoms with E-state index in [1.165, 1.54) is 4.90 Å². The summed E-state index contributed by atoms with van der Waals surface area (Å²) in [6.45, 7) is 5.82. The molecule has 0 saturated carbocycles. The minimum atomic E-state index is -1.25. The third-order valence-electron chi connectivity index (χ3n) is 3.22. The van der Waals surface area contributed by atoms with Crippen molar-refractivity contribution in [3.8, 4) is 0 Å². The van der Waals surface area contributed by atoms with Crippen molar-refractivity contribution < 1.29 is 23.9 Å². The lowest BCUT2D eigenvalue weighted by Gasteiger charge is -2.20. The van der Waals surface area contributed by atoms with Gasteiger partial charge in [-0.1, -0.05) is 6.08 Å². The first-order valence-electron chi connectivity index (χ1n) is 6.62. The zero-order valence-electron chi connectivity index (χ0n) is 11.4. The molecule has 1 atom stereocenters. The summed E-state index contributed by atoms with van der Waals surface area (Å²) >= 11 is 0. The fourth-order valence-corrected chi connectivity index (χ4v) is 2.25. The number of rotatable bonds is 5. The maximum Gasteiger partial charge on any atom is 0.355 e. The van der Waals surface area contributed by atoms with Gasteiger partial charge in [0.1, 0.15) is 0 Å². The number of ether oxygens (including phenoxy) is 2. The number of allylic oxidation sites excluding steroid dienone is 1. The van der Waals surface area contributed by atoms with E-state index in [0.29, 0.717) is 31.4 Å². The summed E-state index contributed by atoms with van der Waals surface area (Å²) in [4.78, 5) is 37.1. The van der Waals surface area contributed by atoms with Crippen LogP contribution in [0.2, 0.25) is 0 Å². The third-order valence-corrected chi connectivity index (χ3v) is 3.22. The van der Waals surface area contributed by atoms with E-state index >= 15 is 0 Å². The Hall–Kier alpha value is -2.11. The van der Waals surface area contributed by atoms with Gasteiger partial charge in [0, 0.05) is 13.0 Å². The molecule has 6 heteroatoms.